The molecule has 6 heteroatoms. The van der Waals surface area contributed by atoms with E-state index in [4.69, 9.17) is 4.74 Å². The Balaban J connectivity index is 1.37. The first-order valence-electron chi connectivity index (χ1n) is 9.90. The average molecular weight is 368 g/mol. The topological polar surface area (TPSA) is 50.6 Å². The summed E-state index contributed by atoms with van der Waals surface area (Å²) in [5.41, 5.74) is 2.86. The molecule has 4 rings (SSSR count). The number of amides is 1. The number of hydrogen-bond acceptors (Lipinski definition) is 4. The molecule has 2 saturated heterocycles. The van der Waals surface area contributed by atoms with Crippen molar-refractivity contribution in [3.63, 3.8) is 0 Å². The Morgan fingerprint density at radius 3 is 2.52 bits per heavy atom. The van der Waals surface area contributed by atoms with Gasteiger partial charge in [0.15, 0.2) is 0 Å². The minimum Gasteiger partial charge on any atom is -0.381 e. The molecule has 0 radical (unpaired) electrons. The molecule has 0 atom stereocenters. The lowest BCUT2D eigenvalue weighted by Crippen LogP contribution is -2.53. The quantitative estimate of drug-likeness (QED) is 0.830. The predicted molar refractivity (Wildman–Crippen MR) is 104 cm³/mol. The number of aromatic nitrogens is 2. The van der Waals surface area contributed by atoms with Gasteiger partial charge in [-0.25, -0.2) is 0 Å². The number of benzene rings is 1. The molecule has 0 aliphatic carbocycles. The Morgan fingerprint density at radius 2 is 1.81 bits per heavy atom. The highest BCUT2D eigenvalue weighted by atomic mass is 16.5. The van der Waals surface area contributed by atoms with E-state index in [0.29, 0.717) is 12.6 Å². The Morgan fingerprint density at radius 1 is 1.11 bits per heavy atom. The van der Waals surface area contributed by atoms with E-state index in [1.165, 1.54) is 5.56 Å². The summed E-state index contributed by atoms with van der Waals surface area (Å²) in [6, 6.07) is 10.8. The summed E-state index contributed by atoms with van der Waals surface area (Å²) < 4.78 is 7.38. The molecule has 3 heterocycles. The standard InChI is InChI=1S/C21H28N4O2/c1-17-20(15-22-25(17)16-18-5-3-2-4-6-18)21(26)24-11-9-23(10-12-24)19-7-13-27-14-8-19/h2-6,15,19H,7-14,16H2,1H3. The molecule has 0 spiro atoms. The Kier molecular flexibility index (Phi) is 5.55. The Hall–Kier alpha value is -2.18. The minimum absolute atomic E-state index is 0.110. The van der Waals surface area contributed by atoms with Gasteiger partial charge >= 0.3 is 0 Å². The van der Waals surface area contributed by atoms with E-state index in [0.717, 1.165) is 63.5 Å². The molecule has 1 aromatic heterocycles. The van der Waals surface area contributed by atoms with Crippen molar-refractivity contribution in [3.8, 4) is 0 Å². The fourth-order valence-corrected chi connectivity index (χ4v) is 4.08. The molecular formula is C21H28N4O2. The van der Waals surface area contributed by atoms with Crippen LogP contribution in [-0.2, 0) is 11.3 Å². The second kappa shape index (κ2) is 8.23. The summed E-state index contributed by atoms with van der Waals surface area (Å²) in [7, 11) is 0. The Bertz CT molecular complexity index is 760. The van der Waals surface area contributed by atoms with Crippen molar-refractivity contribution in [2.75, 3.05) is 39.4 Å². The largest absolute Gasteiger partial charge is 0.381 e. The number of rotatable bonds is 4. The summed E-state index contributed by atoms with van der Waals surface area (Å²) in [6.45, 7) is 7.90. The van der Waals surface area contributed by atoms with Crippen LogP contribution in [0.1, 0.15) is 34.5 Å². The molecule has 0 N–H and O–H groups in total. The van der Waals surface area contributed by atoms with Crippen LogP contribution in [0.15, 0.2) is 36.5 Å². The van der Waals surface area contributed by atoms with Crippen LogP contribution < -0.4 is 0 Å². The number of piperazine rings is 1. The summed E-state index contributed by atoms with van der Waals surface area (Å²) >= 11 is 0. The molecule has 0 saturated carbocycles. The van der Waals surface area contributed by atoms with Gasteiger partial charge in [0.2, 0.25) is 0 Å². The SMILES string of the molecule is Cc1c(C(=O)N2CCN(C3CCOCC3)CC2)cnn1Cc1ccccc1. The fourth-order valence-electron chi connectivity index (χ4n) is 4.08. The lowest BCUT2D eigenvalue weighted by atomic mass is 10.1. The van der Waals surface area contributed by atoms with Crippen LogP contribution in [0.4, 0.5) is 0 Å². The van der Waals surface area contributed by atoms with E-state index >= 15 is 0 Å². The highest BCUT2D eigenvalue weighted by Crippen LogP contribution is 2.19. The lowest BCUT2D eigenvalue weighted by Gasteiger charge is -2.40. The molecule has 2 aliphatic rings. The highest BCUT2D eigenvalue weighted by molar-refractivity contribution is 5.95. The number of ether oxygens (including phenoxy) is 1. The summed E-state index contributed by atoms with van der Waals surface area (Å²) in [5.74, 6) is 0.110. The normalized spacial score (nSPS) is 19.4. The lowest BCUT2D eigenvalue weighted by molar-refractivity contribution is 0.0137. The maximum Gasteiger partial charge on any atom is 0.257 e. The van der Waals surface area contributed by atoms with Crippen molar-refractivity contribution in [2.45, 2.75) is 32.4 Å². The monoisotopic (exact) mass is 368 g/mol. The molecule has 6 nitrogen and oxygen atoms in total. The number of carbonyl (C=O) groups is 1. The second-order valence-corrected chi connectivity index (χ2v) is 7.46. The van der Waals surface area contributed by atoms with Crippen molar-refractivity contribution < 1.29 is 9.53 Å². The third-order valence-electron chi connectivity index (χ3n) is 5.82. The van der Waals surface area contributed by atoms with E-state index in [9.17, 15) is 4.79 Å². The number of carbonyl (C=O) groups excluding carboxylic acids is 1. The van der Waals surface area contributed by atoms with Gasteiger partial charge in [-0.2, -0.15) is 5.10 Å². The van der Waals surface area contributed by atoms with Crippen molar-refractivity contribution in [3.05, 3.63) is 53.3 Å². The molecule has 2 aliphatic heterocycles. The average Bonchev–Trinajstić information content (AvgIpc) is 3.09. The summed E-state index contributed by atoms with van der Waals surface area (Å²) in [5, 5.41) is 4.46. The molecule has 144 valence electrons. The van der Waals surface area contributed by atoms with Gasteiger partial charge in [-0.1, -0.05) is 30.3 Å². The minimum atomic E-state index is 0.110. The predicted octanol–water partition coefficient (Wildman–Crippen LogP) is 2.18. The van der Waals surface area contributed by atoms with Crippen LogP contribution in [0.5, 0.6) is 0 Å². The first kappa shape index (κ1) is 18.2. The molecule has 0 bridgehead atoms. The van der Waals surface area contributed by atoms with E-state index < -0.39 is 0 Å². The van der Waals surface area contributed by atoms with Gasteiger partial charge < -0.3 is 9.64 Å². The van der Waals surface area contributed by atoms with Crippen molar-refractivity contribution in [1.82, 2.24) is 19.6 Å². The van der Waals surface area contributed by atoms with Crippen molar-refractivity contribution in [1.29, 1.82) is 0 Å². The second-order valence-electron chi connectivity index (χ2n) is 7.46. The van der Waals surface area contributed by atoms with Gasteiger partial charge in [0.05, 0.1) is 18.3 Å². The van der Waals surface area contributed by atoms with E-state index in [2.05, 4.69) is 22.1 Å². The number of nitrogens with zero attached hydrogens (tertiary/aromatic N) is 4. The first-order chi connectivity index (χ1) is 13.2. The summed E-state index contributed by atoms with van der Waals surface area (Å²) in [4.78, 5) is 17.5. The number of hydrogen-bond donors (Lipinski definition) is 0. The maximum atomic E-state index is 13.0. The van der Waals surface area contributed by atoms with Crippen LogP contribution >= 0.6 is 0 Å². The third-order valence-corrected chi connectivity index (χ3v) is 5.82. The summed E-state index contributed by atoms with van der Waals surface area (Å²) in [6.07, 6.45) is 3.95. The van der Waals surface area contributed by atoms with E-state index in [1.54, 1.807) is 6.20 Å². The zero-order valence-electron chi connectivity index (χ0n) is 16.0. The molecular weight excluding hydrogens is 340 g/mol. The Labute approximate surface area is 160 Å². The zero-order chi connectivity index (χ0) is 18.6. The van der Waals surface area contributed by atoms with Gasteiger partial charge in [-0.15, -0.1) is 0 Å². The first-order valence-corrected chi connectivity index (χ1v) is 9.90. The van der Waals surface area contributed by atoms with Crippen molar-refractivity contribution >= 4 is 5.91 Å². The van der Waals surface area contributed by atoms with E-state index in [1.807, 2.05) is 34.7 Å². The van der Waals surface area contributed by atoms with Gasteiger partial charge in [-0.05, 0) is 25.3 Å². The molecule has 0 unspecified atom stereocenters. The van der Waals surface area contributed by atoms with Gasteiger partial charge in [0, 0.05) is 51.1 Å². The third kappa shape index (κ3) is 4.06. The molecule has 1 amide bonds. The van der Waals surface area contributed by atoms with Crippen LogP contribution in [0.2, 0.25) is 0 Å². The molecule has 1 aromatic carbocycles. The van der Waals surface area contributed by atoms with Crippen LogP contribution in [0.3, 0.4) is 0 Å². The molecule has 2 fully saturated rings. The fraction of sp³-hybridized carbons (Fsp3) is 0.524. The highest BCUT2D eigenvalue weighted by Gasteiger charge is 2.29. The van der Waals surface area contributed by atoms with Crippen molar-refractivity contribution in [2.24, 2.45) is 0 Å². The molecule has 2 aromatic rings. The van der Waals surface area contributed by atoms with Crippen LogP contribution in [0.25, 0.3) is 0 Å². The smallest absolute Gasteiger partial charge is 0.257 e. The van der Waals surface area contributed by atoms with Crippen LogP contribution in [0, 0.1) is 6.92 Å². The van der Waals surface area contributed by atoms with Gasteiger partial charge in [0.25, 0.3) is 5.91 Å². The van der Waals surface area contributed by atoms with E-state index in [-0.39, 0.29) is 5.91 Å². The van der Waals surface area contributed by atoms with Gasteiger partial charge in [-0.3, -0.25) is 14.4 Å². The van der Waals surface area contributed by atoms with Gasteiger partial charge in [0.1, 0.15) is 0 Å². The molecule has 27 heavy (non-hydrogen) atoms. The van der Waals surface area contributed by atoms with Crippen LogP contribution in [-0.4, -0.2) is 70.9 Å². The maximum absolute atomic E-state index is 13.0. The zero-order valence-corrected chi connectivity index (χ0v) is 16.0.